The zero-order valence-corrected chi connectivity index (χ0v) is 17.7. The standard InChI is InChI=1S/C23H28ClN3O2/c1-18-5-6-21(24)16-22(18)26-7-9-27(10-8-26)23(28)20-4-2-3-19(15-20)17-25-11-13-29-14-12-25/h2-6,15-16H,7-14,17H2,1H3. The van der Waals surface area contributed by atoms with E-state index in [0.29, 0.717) is 0 Å². The first-order valence-electron chi connectivity index (χ1n) is 10.3. The number of hydrogen-bond donors (Lipinski definition) is 0. The smallest absolute Gasteiger partial charge is 0.253 e. The fourth-order valence-electron chi connectivity index (χ4n) is 4.08. The fraction of sp³-hybridized carbons (Fsp3) is 0.435. The molecule has 0 atom stereocenters. The van der Waals surface area contributed by atoms with Crippen molar-refractivity contribution >= 4 is 23.2 Å². The number of morpholine rings is 1. The van der Waals surface area contributed by atoms with E-state index in [2.05, 4.69) is 28.9 Å². The molecule has 2 heterocycles. The molecule has 2 fully saturated rings. The van der Waals surface area contributed by atoms with Gasteiger partial charge in [-0.15, -0.1) is 0 Å². The van der Waals surface area contributed by atoms with E-state index >= 15 is 0 Å². The average molecular weight is 414 g/mol. The number of benzene rings is 2. The van der Waals surface area contributed by atoms with Gasteiger partial charge in [-0.1, -0.05) is 29.8 Å². The summed E-state index contributed by atoms with van der Waals surface area (Å²) in [6.07, 6.45) is 0. The van der Waals surface area contributed by atoms with Gasteiger partial charge >= 0.3 is 0 Å². The molecule has 1 amide bonds. The van der Waals surface area contributed by atoms with Crippen LogP contribution in [-0.2, 0) is 11.3 Å². The SMILES string of the molecule is Cc1ccc(Cl)cc1N1CCN(C(=O)c2cccc(CN3CCOCC3)c2)CC1. The molecule has 0 radical (unpaired) electrons. The number of hydrogen-bond acceptors (Lipinski definition) is 4. The third-order valence-corrected chi connectivity index (χ3v) is 6.00. The van der Waals surface area contributed by atoms with Crippen molar-refractivity contribution in [3.63, 3.8) is 0 Å². The van der Waals surface area contributed by atoms with E-state index in [0.717, 1.165) is 75.3 Å². The lowest BCUT2D eigenvalue weighted by Gasteiger charge is -2.37. The molecule has 2 aromatic carbocycles. The first-order chi connectivity index (χ1) is 14.1. The second kappa shape index (κ2) is 9.16. The molecule has 2 saturated heterocycles. The Bertz CT molecular complexity index is 859. The van der Waals surface area contributed by atoms with E-state index in [-0.39, 0.29) is 5.91 Å². The van der Waals surface area contributed by atoms with Crippen molar-refractivity contribution in [3.8, 4) is 0 Å². The van der Waals surface area contributed by atoms with Gasteiger partial charge in [-0.3, -0.25) is 9.69 Å². The van der Waals surface area contributed by atoms with Crippen LogP contribution in [-0.4, -0.2) is 68.2 Å². The van der Waals surface area contributed by atoms with Crippen LogP contribution in [0.1, 0.15) is 21.5 Å². The van der Waals surface area contributed by atoms with Gasteiger partial charge in [0.1, 0.15) is 0 Å². The maximum atomic E-state index is 13.1. The maximum absolute atomic E-state index is 13.1. The van der Waals surface area contributed by atoms with Gasteiger partial charge in [0, 0.05) is 62.1 Å². The van der Waals surface area contributed by atoms with Gasteiger partial charge < -0.3 is 14.5 Å². The van der Waals surface area contributed by atoms with Gasteiger partial charge in [0.05, 0.1) is 13.2 Å². The van der Waals surface area contributed by atoms with Crippen LogP contribution in [0.5, 0.6) is 0 Å². The molecule has 0 N–H and O–H groups in total. The Morgan fingerprint density at radius 1 is 1.00 bits per heavy atom. The van der Waals surface area contributed by atoms with Crippen LogP contribution in [0.15, 0.2) is 42.5 Å². The number of carbonyl (C=O) groups excluding carboxylic acids is 1. The molecule has 0 aromatic heterocycles. The van der Waals surface area contributed by atoms with Gasteiger partial charge in [0.2, 0.25) is 0 Å². The quantitative estimate of drug-likeness (QED) is 0.769. The third kappa shape index (κ3) is 4.92. The molecule has 5 nitrogen and oxygen atoms in total. The number of carbonyl (C=O) groups is 1. The lowest BCUT2D eigenvalue weighted by Crippen LogP contribution is -2.49. The van der Waals surface area contributed by atoms with Crippen LogP contribution in [0.4, 0.5) is 5.69 Å². The zero-order valence-electron chi connectivity index (χ0n) is 16.9. The van der Waals surface area contributed by atoms with Crippen LogP contribution < -0.4 is 4.90 Å². The molecule has 0 saturated carbocycles. The largest absolute Gasteiger partial charge is 0.379 e. The third-order valence-electron chi connectivity index (χ3n) is 5.76. The Labute approximate surface area is 177 Å². The molecule has 6 heteroatoms. The van der Waals surface area contributed by atoms with Crippen molar-refractivity contribution in [1.82, 2.24) is 9.80 Å². The second-order valence-electron chi connectivity index (χ2n) is 7.80. The topological polar surface area (TPSA) is 36.0 Å². The lowest BCUT2D eigenvalue weighted by atomic mass is 10.1. The number of ether oxygens (including phenoxy) is 1. The normalized spacial score (nSPS) is 18.1. The summed E-state index contributed by atoms with van der Waals surface area (Å²) in [5.74, 6) is 0.122. The van der Waals surface area contributed by atoms with E-state index in [1.165, 1.54) is 11.1 Å². The molecule has 0 spiro atoms. The zero-order chi connectivity index (χ0) is 20.2. The number of aryl methyl sites for hydroxylation is 1. The number of rotatable bonds is 4. The molecule has 0 unspecified atom stereocenters. The molecular formula is C23H28ClN3O2. The molecular weight excluding hydrogens is 386 g/mol. The maximum Gasteiger partial charge on any atom is 0.253 e. The van der Waals surface area contributed by atoms with Crippen LogP contribution in [0.3, 0.4) is 0 Å². The summed E-state index contributed by atoms with van der Waals surface area (Å²) < 4.78 is 5.42. The van der Waals surface area contributed by atoms with E-state index in [1.54, 1.807) is 0 Å². The summed E-state index contributed by atoms with van der Waals surface area (Å²) in [5, 5.41) is 0.751. The highest BCUT2D eigenvalue weighted by Gasteiger charge is 2.23. The summed E-state index contributed by atoms with van der Waals surface area (Å²) >= 11 is 6.18. The summed E-state index contributed by atoms with van der Waals surface area (Å²) in [6, 6.07) is 14.1. The molecule has 2 aliphatic rings. The highest BCUT2D eigenvalue weighted by Crippen LogP contribution is 2.25. The van der Waals surface area contributed by atoms with Crippen molar-refractivity contribution in [3.05, 3.63) is 64.2 Å². The minimum Gasteiger partial charge on any atom is -0.379 e. The Kier molecular flexibility index (Phi) is 6.38. The van der Waals surface area contributed by atoms with Gasteiger partial charge in [0.15, 0.2) is 0 Å². The lowest BCUT2D eigenvalue weighted by molar-refractivity contribution is 0.0341. The molecule has 0 bridgehead atoms. The first kappa shape index (κ1) is 20.2. The Morgan fingerprint density at radius 3 is 2.52 bits per heavy atom. The van der Waals surface area contributed by atoms with Crippen LogP contribution in [0.2, 0.25) is 5.02 Å². The monoisotopic (exact) mass is 413 g/mol. The van der Waals surface area contributed by atoms with E-state index in [1.807, 2.05) is 35.2 Å². The highest BCUT2D eigenvalue weighted by molar-refractivity contribution is 6.30. The molecule has 4 rings (SSSR count). The van der Waals surface area contributed by atoms with E-state index in [9.17, 15) is 4.79 Å². The summed E-state index contributed by atoms with van der Waals surface area (Å²) in [6.45, 7) is 9.52. The number of nitrogens with zero attached hydrogens (tertiary/aromatic N) is 3. The number of piperazine rings is 1. The van der Waals surface area contributed by atoms with Crippen LogP contribution in [0.25, 0.3) is 0 Å². The van der Waals surface area contributed by atoms with Gasteiger partial charge in [-0.2, -0.15) is 0 Å². The van der Waals surface area contributed by atoms with Crippen LogP contribution in [0, 0.1) is 6.92 Å². The van der Waals surface area contributed by atoms with E-state index < -0.39 is 0 Å². The van der Waals surface area contributed by atoms with Gasteiger partial charge in [-0.05, 0) is 42.3 Å². The summed E-state index contributed by atoms with van der Waals surface area (Å²) in [4.78, 5) is 19.7. The Hall–Kier alpha value is -2.08. The first-order valence-corrected chi connectivity index (χ1v) is 10.7. The van der Waals surface area contributed by atoms with Crippen molar-refractivity contribution in [2.75, 3.05) is 57.4 Å². The number of halogens is 1. The van der Waals surface area contributed by atoms with Gasteiger partial charge in [-0.25, -0.2) is 0 Å². The van der Waals surface area contributed by atoms with Crippen LogP contribution >= 0.6 is 11.6 Å². The summed E-state index contributed by atoms with van der Waals surface area (Å²) in [7, 11) is 0. The minimum absolute atomic E-state index is 0.122. The fourth-order valence-corrected chi connectivity index (χ4v) is 4.24. The van der Waals surface area contributed by atoms with Crippen molar-refractivity contribution in [1.29, 1.82) is 0 Å². The molecule has 2 aromatic rings. The molecule has 0 aliphatic carbocycles. The molecule has 154 valence electrons. The molecule has 29 heavy (non-hydrogen) atoms. The van der Waals surface area contributed by atoms with Crippen molar-refractivity contribution in [2.24, 2.45) is 0 Å². The summed E-state index contributed by atoms with van der Waals surface area (Å²) in [5.41, 5.74) is 4.34. The predicted molar refractivity (Wildman–Crippen MR) is 117 cm³/mol. The van der Waals surface area contributed by atoms with Crippen molar-refractivity contribution in [2.45, 2.75) is 13.5 Å². The Morgan fingerprint density at radius 2 is 1.76 bits per heavy atom. The number of amides is 1. The highest BCUT2D eigenvalue weighted by atomic mass is 35.5. The van der Waals surface area contributed by atoms with Gasteiger partial charge in [0.25, 0.3) is 5.91 Å². The predicted octanol–water partition coefficient (Wildman–Crippen LogP) is 3.44. The molecule has 2 aliphatic heterocycles. The Balaban J connectivity index is 1.38. The minimum atomic E-state index is 0.122. The second-order valence-corrected chi connectivity index (χ2v) is 8.24. The average Bonchev–Trinajstić information content (AvgIpc) is 2.76. The number of anilines is 1. The van der Waals surface area contributed by atoms with Crippen molar-refractivity contribution < 1.29 is 9.53 Å². The van der Waals surface area contributed by atoms with E-state index in [4.69, 9.17) is 16.3 Å².